The summed E-state index contributed by atoms with van der Waals surface area (Å²) in [5.41, 5.74) is 3.05. The van der Waals surface area contributed by atoms with Gasteiger partial charge in [-0.2, -0.15) is 0 Å². The Bertz CT molecular complexity index is 614. The van der Waals surface area contributed by atoms with E-state index in [1.165, 1.54) is 64.2 Å². The highest BCUT2D eigenvalue weighted by molar-refractivity contribution is 5.25. The molecule has 0 N–H and O–H groups in total. The summed E-state index contributed by atoms with van der Waals surface area (Å²) in [6.45, 7) is 17.8. The molecule has 0 aliphatic heterocycles. The number of hydrogen-bond donors (Lipinski definition) is 0. The van der Waals surface area contributed by atoms with Gasteiger partial charge < -0.3 is 0 Å². The summed E-state index contributed by atoms with van der Waals surface area (Å²) in [5, 5.41) is 0. The van der Waals surface area contributed by atoms with E-state index < -0.39 is 0 Å². The standard InChI is InChI=1S/C29H50/c1-19(2)21(4)8-9-22(5)25-12-13-26-24-11-10-23-18-20(3)14-16-28(23,6)27(24)15-17-29(25,26)7/h10,19-22,24-27H,8-9,11-18H2,1-7H3. The lowest BCUT2D eigenvalue weighted by molar-refractivity contribution is -0.0525. The Morgan fingerprint density at radius 2 is 1.69 bits per heavy atom. The maximum atomic E-state index is 2.75. The van der Waals surface area contributed by atoms with Crippen LogP contribution in [-0.4, -0.2) is 0 Å². The highest BCUT2D eigenvalue weighted by Crippen LogP contribution is 2.67. The molecule has 0 aromatic carbocycles. The third-order valence-corrected chi connectivity index (χ3v) is 11.3. The second kappa shape index (κ2) is 8.02. The van der Waals surface area contributed by atoms with Crippen LogP contribution in [0.1, 0.15) is 113 Å². The van der Waals surface area contributed by atoms with Gasteiger partial charge in [0.2, 0.25) is 0 Å². The van der Waals surface area contributed by atoms with E-state index in [9.17, 15) is 0 Å². The molecule has 3 fully saturated rings. The van der Waals surface area contributed by atoms with Gasteiger partial charge in [-0.1, -0.05) is 73.0 Å². The zero-order valence-corrected chi connectivity index (χ0v) is 20.8. The maximum Gasteiger partial charge on any atom is -0.00851 e. The van der Waals surface area contributed by atoms with Gasteiger partial charge in [-0.15, -0.1) is 0 Å². The lowest BCUT2D eigenvalue weighted by atomic mass is 9.46. The van der Waals surface area contributed by atoms with Crippen LogP contribution < -0.4 is 0 Å². The summed E-state index contributed by atoms with van der Waals surface area (Å²) in [4.78, 5) is 0. The minimum atomic E-state index is 0.549. The van der Waals surface area contributed by atoms with Crippen molar-refractivity contribution in [2.24, 2.45) is 58.2 Å². The Morgan fingerprint density at radius 1 is 0.931 bits per heavy atom. The minimum absolute atomic E-state index is 0.549. The average molecular weight is 399 g/mol. The molecular formula is C29H50. The third-order valence-electron chi connectivity index (χ3n) is 11.3. The van der Waals surface area contributed by atoms with Gasteiger partial charge in [0.25, 0.3) is 0 Å². The van der Waals surface area contributed by atoms with E-state index in [1.807, 2.05) is 5.57 Å². The van der Waals surface area contributed by atoms with Crippen LogP contribution in [0.2, 0.25) is 0 Å². The van der Waals surface area contributed by atoms with Crippen molar-refractivity contribution in [3.63, 3.8) is 0 Å². The van der Waals surface area contributed by atoms with E-state index in [1.54, 1.807) is 0 Å². The molecule has 4 aliphatic carbocycles. The van der Waals surface area contributed by atoms with Gasteiger partial charge in [0.1, 0.15) is 0 Å². The predicted octanol–water partition coefficient (Wildman–Crippen LogP) is 8.91. The largest absolute Gasteiger partial charge is 0.0845 e. The van der Waals surface area contributed by atoms with Crippen LogP contribution in [0.25, 0.3) is 0 Å². The first-order valence-electron chi connectivity index (χ1n) is 13.4. The predicted molar refractivity (Wildman–Crippen MR) is 127 cm³/mol. The third kappa shape index (κ3) is 3.67. The van der Waals surface area contributed by atoms with E-state index in [0.717, 1.165) is 47.3 Å². The van der Waals surface area contributed by atoms with Crippen LogP contribution in [0.3, 0.4) is 0 Å². The van der Waals surface area contributed by atoms with Crippen LogP contribution in [0.4, 0.5) is 0 Å². The zero-order valence-electron chi connectivity index (χ0n) is 20.8. The van der Waals surface area contributed by atoms with E-state index in [0.29, 0.717) is 10.8 Å². The summed E-state index contributed by atoms with van der Waals surface area (Å²) in [6, 6.07) is 0. The van der Waals surface area contributed by atoms with Crippen molar-refractivity contribution in [2.45, 2.75) is 113 Å². The Labute approximate surface area is 182 Å². The number of rotatable bonds is 5. The van der Waals surface area contributed by atoms with Crippen molar-refractivity contribution in [1.82, 2.24) is 0 Å². The summed E-state index contributed by atoms with van der Waals surface area (Å²) in [6.07, 6.45) is 17.5. The first kappa shape index (κ1) is 22.0. The van der Waals surface area contributed by atoms with E-state index in [4.69, 9.17) is 0 Å². The minimum Gasteiger partial charge on any atom is -0.0845 e. The molecule has 166 valence electrons. The van der Waals surface area contributed by atoms with Gasteiger partial charge in [0.15, 0.2) is 0 Å². The molecule has 3 saturated carbocycles. The summed E-state index contributed by atoms with van der Waals surface area (Å²) < 4.78 is 0. The Kier molecular flexibility index (Phi) is 6.07. The average Bonchev–Trinajstić information content (AvgIpc) is 3.03. The number of hydrogen-bond acceptors (Lipinski definition) is 0. The van der Waals surface area contributed by atoms with Crippen molar-refractivity contribution in [2.75, 3.05) is 0 Å². The molecule has 29 heavy (non-hydrogen) atoms. The molecule has 0 heterocycles. The highest BCUT2D eigenvalue weighted by Gasteiger charge is 2.58. The fourth-order valence-electron chi connectivity index (χ4n) is 8.88. The van der Waals surface area contributed by atoms with Crippen LogP contribution in [0.5, 0.6) is 0 Å². The second-order valence-electron chi connectivity index (χ2n) is 13.1. The summed E-state index contributed by atoms with van der Waals surface area (Å²) in [7, 11) is 0. The summed E-state index contributed by atoms with van der Waals surface area (Å²) >= 11 is 0. The molecular weight excluding hydrogens is 348 g/mol. The number of allylic oxidation sites excluding steroid dienone is 2. The quantitative estimate of drug-likeness (QED) is 0.405. The van der Waals surface area contributed by atoms with Crippen molar-refractivity contribution in [3.8, 4) is 0 Å². The zero-order chi connectivity index (χ0) is 21.0. The highest BCUT2D eigenvalue weighted by atomic mass is 14.6. The lowest BCUT2D eigenvalue weighted by Crippen LogP contribution is -2.50. The van der Waals surface area contributed by atoms with Gasteiger partial charge in [-0.05, 0) is 110 Å². The molecule has 0 amide bonds. The van der Waals surface area contributed by atoms with Crippen molar-refractivity contribution in [3.05, 3.63) is 11.6 Å². The maximum absolute atomic E-state index is 2.75. The Balaban J connectivity index is 1.49. The van der Waals surface area contributed by atoms with E-state index in [-0.39, 0.29) is 0 Å². The molecule has 0 radical (unpaired) electrons. The molecule has 0 spiro atoms. The molecule has 9 unspecified atom stereocenters. The van der Waals surface area contributed by atoms with Crippen molar-refractivity contribution >= 4 is 0 Å². The smallest absolute Gasteiger partial charge is 0.00851 e. The Hall–Kier alpha value is -0.260. The molecule has 0 bridgehead atoms. The first-order chi connectivity index (χ1) is 13.7. The molecule has 0 saturated heterocycles. The topological polar surface area (TPSA) is 0 Å². The van der Waals surface area contributed by atoms with Gasteiger partial charge in [0.05, 0.1) is 0 Å². The second-order valence-corrected chi connectivity index (χ2v) is 13.1. The molecule has 0 nitrogen and oxygen atoms in total. The fourth-order valence-corrected chi connectivity index (χ4v) is 8.88. The van der Waals surface area contributed by atoms with E-state index in [2.05, 4.69) is 54.5 Å². The first-order valence-corrected chi connectivity index (χ1v) is 13.4. The van der Waals surface area contributed by atoms with Crippen molar-refractivity contribution in [1.29, 1.82) is 0 Å². The Morgan fingerprint density at radius 3 is 2.41 bits per heavy atom. The van der Waals surface area contributed by atoms with Gasteiger partial charge in [-0.25, -0.2) is 0 Å². The van der Waals surface area contributed by atoms with Gasteiger partial charge in [-0.3, -0.25) is 0 Å². The van der Waals surface area contributed by atoms with Gasteiger partial charge in [0, 0.05) is 0 Å². The van der Waals surface area contributed by atoms with Crippen LogP contribution >= 0.6 is 0 Å². The van der Waals surface area contributed by atoms with Crippen LogP contribution in [0, 0.1) is 58.2 Å². The molecule has 9 atom stereocenters. The monoisotopic (exact) mass is 398 g/mol. The number of fused-ring (bicyclic) bond motifs is 5. The molecule has 0 aromatic heterocycles. The SMILES string of the molecule is CC1CCC2(C)C(=CCC3C2CCC2(C)C(C(C)CCC(C)C(C)C)CCC32)C1. The summed E-state index contributed by atoms with van der Waals surface area (Å²) in [5.74, 6) is 7.53. The molecule has 0 aromatic rings. The molecule has 4 rings (SSSR count). The lowest BCUT2D eigenvalue weighted by Gasteiger charge is -2.58. The van der Waals surface area contributed by atoms with Crippen LogP contribution in [0.15, 0.2) is 11.6 Å². The normalized spacial score (nSPS) is 46.5. The van der Waals surface area contributed by atoms with Crippen molar-refractivity contribution < 1.29 is 0 Å². The molecule has 4 aliphatic rings. The van der Waals surface area contributed by atoms with Crippen LogP contribution in [-0.2, 0) is 0 Å². The van der Waals surface area contributed by atoms with E-state index >= 15 is 0 Å². The molecule has 0 heteroatoms. The fraction of sp³-hybridized carbons (Fsp3) is 0.931. The van der Waals surface area contributed by atoms with Gasteiger partial charge >= 0.3 is 0 Å².